The maximum Gasteiger partial charge on any atom is 0.234 e. The number of carbonyl (C=O) groups is 2. The van der Waals surface area contributed by atoms with E-state index in [1.807, 2.05) is 12.2 Å². The van der Waals surface area contributed by atoms with Crippen LogP contribution in [0.3, 0.4) is 0 Å². The number of hydrogen-bond donors (Lipinski definition) is 1. The summed E-state index contributed by atoms with van der Waals surface area (Å²) in [5.41, 5.74) is 0.551. The van der Waals surface area contributed by atoms with Crippen LogP contribution < -0.4 is 19.7 Å². The lowest BCUT2D eigenvalue weighted by molar-refractivity contribution is -0.128. The molecular formula is C23H19ClN2O5. The molecule has 0 aromatic heterocycles. The Hall–Kier alpha value is -3.03. The molecule has 4 atom stereocenters. The molecule has 0 aliphatic carbocycles. The molecule has 2 aromatic carbocycles. The number of hydrogen-bond acceptors (Lipinski definition) is 5. The van der Waals surface area contributed by atoms with E-state index in [9.17, 15) is 9.59 Å². The van der Waals surface area contributed by atoms with E-state index in [-0.39, 0.29) is 11.8 Å². The summed E-state index contributed by atoms with van der Waals surface area (Å²) in [5, 5.41) is 3.53. The minimum Gasteiger partial charge on any atom is -0.486 e. The van der Waals surface area contributed by atoms with Gasteiger partial charge in [-0.15, -0.1) is 0 Å². The molecule has 2 bridgehead atoms. The Kier molecular flexibility index (Phi) is 4.07. The Morgan fingerprint density at radius 3 is 2.68 bits per heavy atom. The molecule has 6 rings (SSSR count). The van der Waals surface area contributed by atoms with Crippen LogP contribution in [0.4, 0.5) is 11.4 Å². The first kappa shape index (κ1) is 18.7. The molecule has 2 fully saturated rings. The summed E-state index contributed by atoms with van der Waals surface area (Å²) in [6.07, 6.45) is 3.41. The van der Waals surface area contributed by atoms with E-state index in [0.29, 0.717) is 42.0 Å². The first-order chi connectivity index (χ1) is 15.0. The molecule has 158 valence electrons. The van der Waals surface area contributed by atoms with Gasteiger partial charge in [0.1, 0.15) is 18.8 Å². The molecule has 2 amide bonds. The average Bonchev–Trinajstić information content (AvgIpc) is 3.42. The third-order valence-corrected chi connectivity index (χ3v) is 6.60. The summed E-state index contributed by atoms with van der Waals surface area (Å²) < 4.78 is 17.3. The molecule has 0 radical (unpaired) electrons. The quantitative estimate of drug-likeness (QED) is 0.745. The number of fused-ring (bicyclic) bond motifs is 2. The van der Waals surface area contributed by atoms with Crippen LogP contribution in [0.2, 0.25) is 5.02 Å². The second-order valence-electron chi connectivity index (χ2n) is 8.15. The molecular weight excluding hydrogens is 420 g/mol. The SMILES string of the molecule is O=C(Nc1ccc2c(c1)OCCO2)C1C2C(=O)N(c3ccc(Cl)cc3)C[C@@]23C=C[C@H]1O3. The van der Waals surface area contributed by atoms with Crippen molar-refractivity contribution in [2.24, 2.45) is 11.8 Å². The van der Waals surface area contributed by atoms with Crippen molar-refractivity contribution in [3.05, 3.63) is 59.6 Å². The molecule has 2 saturated heterocycles. The van der Waals surface area contributed by atoms with Gasteiger partial charge in [0.05, 0.1) is 24.5 Å². The number of ether oxygens (including phenoxy) is 3. The van der Waals surface area contributed by atoms with E-state index < -0.39 is 23.5 Å². The summed E-state index contributed by atoms with van der Waals surface area (Å²) in [4.78, 5) is 28.3. The first-order valence-electron chi connectivity index (χ1n) is 10.2. The van der Waals surface area contributed by atoms with Gasteiger partial charge in [0, 0.05) is 22.5 Å². The van der Waals surface area contributed by atoms with E-state index >= 15 is 0 Å². The van der Waals surface area contributed by atoms with Gasteiger partial charge in [0.25, 0.3) is 0 Å². The maximum absolute atomic E-state index is 13.4. The normalized spacial score (nSPS) is 29.9. The zero-order valence-electron chi connectivity index (χ0n) is 16.4. The van der Waals surface area contributed by atoms with Crippen molar-refractivity contribution >= 4 is 34.8 Å². The number of halogens is 1. The smallest absolute Gasteiger partial charge is 0.234 e. The molecule has 4 heterocycles. The minimum absolute atomic E-state index is 0.114. The van der Waals surface area contributed by atoms with Crippen molar-refractivity contribution in [1.29, 1.82) is 0 Å². The average molecular weight is 439 g/mol. The maximum atomic E-state index is 13.4. The van der Waals surface area contributed by atoms with E-state index in [4.69, 9.17) is 25.8 Å². The fraction of sp³-hybridized carbons (Fsp3) is 0.304. The van der Waals surface area contributed by atoms with Gasteiger partial charge < -0.3 is 24.4 Å². The molecule has 2 unspecified atom stereocenters. The predicted molar refractivity (Wildman–Crippen MR) is 114 cm³/mol. The van der Waals surface area contributed by atoms with Gasteiger partial charge in [0.15, 0.2) is 11.5 Å². The lowest BCUT2D eigenvalue weighted by Gasteiger charge is -2.24. The fourth-order valence-corrected chi connectivity index (χ4v) is 5.11. The molecule has 0 saturated carbocycles. The van der Waals surface area contributed by atoms with Gasteiger partial charge >= 0.3 is 0 Å². The van der Waals surface area contributed by atoms with Crippen LogP contribution in [0.5, 0.6) is 11.5 Å². The third kappa shape index (κ3) is 2.84. The highest BCUT2D eigenvalue weighted by molar-refractivity contribution is 6.30. The summed E-state index contributed by atoms with van der Waals surface area (Å²) in [7, 11) is 0. The third-order valence-electron chi connectivity index (χ3n) is 6.35. The molecule has 8 heteroatoms. The van der Waals surface area contributed by atoms with Gasteiger partial charge in [-0.05, 0) is 36.4 Å². The Labute approximate surface area is 183 Å². The van der Waals surface area contributed by atoms with Crippen molar-refractivity contribution in [3.63, 3.8) is 0 Å². The largest absolute Gasteiger partial charge is 0.486 e. The van der Waals surface area contributed by atoms with E-state index in [0.717, 1.165) is 5.69 Å². The number of carbonyl (C=O) groups excluding carboxylic acids is 2. The van der Waals surface area contributed by atoms with Crippen molar-refractivity contribution in [2.45, 2.75) is 11.7 Å². The lowest BCUT2D eigenvalue weighted by atomic mass is 9.77. The number of nitrogens with zero attached hydrogens (tertiary/aromatic N) is 1. The van der Waals surface area contributed by atoms with Crippen molar-refractivity contribution < 1.29 is 23.8 Å². The van der Waals surface area contributed by atoms with Gasteiger partial charge in [-0.25, -0.2) is 0 Å². The van der Waals surface area contributed by atoms with Gasteiger partial charge in [-0.2, -0.15) is 0 Å². The standard InChI is InChI=1S/C23H19ClN2O5/c24-13-1-4-15(5-2-13)26-12-23-8-7-17(31-23)19(20(23)22(26)28)21(27)25-14-3-6-16-18(11-14)30-10-9-29-16/h1-8,11,17,19-20H,9-10,12H2,(H,25,27)/t17-,19?,20?,23+/m1/s1. The zero-order valence-corrected chi connectivity index (χ0v) is 17.2. The van der Waals surface area contributed by atoms with E-state index in [2.05, 4.69) is 5.32 Å². The highest BCUT2D eigenvalue weighted by atomic mass is 35.5. The van der Waals surface area contributed by atoms with E-state index in [1.165, 1.54) is 0 Å². The van der Waals surface area contributed by atoms with E-state index in [1.54, 1.807) is 47.4 Å². The van der Waals surface area contributed by atoms with Crippen LogP contribution >= 0.6 is 11.6 Å². The Morgan fingerprint density at radius 2 is 1.87 bits per heavy atom. The monoisotopic (exact) mass is 438 g/mol. The molecule has 1 N–H and O–H groups in total. The van der Waals surface area contributed by atoms with Crippen molar-refractivity contribution in [2.75, 3.05) is 30.0 Å². The molecule has 7 nitrogen and oxygen atoms in total. The Bertz CT molecular complexity index is 1120. The van der Waals surface area contributed by atoms with Crippen molar-refractivity contribution in [3.8, 4) is 11.5 Å². The van der Waals surface area contributed by atoms with Gasteiger partial charge in [-0.3, -0.25) is 9.59 Å². The lowest BCUT2D eigenvalue weighted by Crippen LogP contribution is -2.41. The number of anilines is 2. The topological polar surface area (TPSA) is 77.1 Å². The zero-order chi connectivity index (χ0) is 21.2. The van der Waals surface area contributed by atoms with Gasteiger partial charge in [-0.1, -0.05) is 23.8 Å². The molecule has 31 heavy (non-hydrogen) atoms. The minimum atomic E-state index is -0.782. The van der Waals surface area contributed by atoms with Gasteiger partial charge in [0.2, 0.25) is 11.8 Å². The van der Waals surface area contributed by atoms with Crippen LogP contribution in [0, 0.1) is 11.8 Å². The highest BCUT2D eigenvalue weighted by Crippen LogP contribution is 2.53. The fourth-order valence-electron chi connectivity index (χ4n) is 4.98. The highest BCUT2D eigenvalue weighted by Gasteiger charge is 2.67. The number of nitrogens with one attached hydrogen (secondary N) is 1. The van der Waals surface area contributed by atoms with Crippen LogP contribution in [0.15, 0.2) is 54.6 Å². The summed E-state index contributed by atoms with van der Waals surface area (Å²) in [6, 6.07) is 12.4. The summed E-state index contributed by atoms with van der Waals surface area (Å²) >= 11 is 5.99. The second-order valence-corrected chi connectivity index (χ2v) is 8.58. The molecule has 4 aliphatic rings. The van der Waals surface area contributed by atoms with Crippen LogP contribution in [-0.4, -0.2) is 43.3 Å². The molecule has 4 aliphatic heterocycles. The second kappa shape index (κ2) is 6.73. The van der Waals surface area contributed by atoms with Crippen LogP contribution in [-0.2, 0) is 14.3 Å². The molecule has 1 spiro atoms. The number of amides is 2. The summed E-state index contributed by atoms with van der Waals surface area (Å²) in [6.45, 7) is 1.34. The van der Waals surface area contributed by atoms with Crippen LogP contribution in [0.25, 0.3) is 0 Å². The molecule has 2 aromatic rings. The van der Waals surface area contributed by atoms with Crippen molar-refractivity contribution in [1.82, 2.24) is 0 Å². The Morgan fingerprint density at radius 1 is 1.10 bits per heavy atom. The number of rotatable bonds is 3. The first-order valence-corrected chi connectivity index (χ1v) is 10.6. The number of benzene rings is 2. The predicted octanol–water partition coefficient (Wildman–Crippen LogP) is 3.04. The summed E-state index contributed by atoms with van der Waals surface area (Å²) in [5.74, 6) is -0.298. The van der Waals surface area contributed by atoms with Crippen LogP contribution in [0.1, 0.15) is 0 Å². The Balaban J connectivity index is 1.27.